The third-order valence-electron chi connectivity index (χ3n) is 3.03. The largest absolute Gasteiger partial charge is 0.397 e. The van der Waals surface area contributed by atoms with Crippen LogP contribution in [-0.2, 0) is 6.42 Å². The van der Waals surface area contributed by atoms with Gasteiger partial charge in [0.25, 0.3) is 0 Å². The van der Waals surface area contributed by atoms with Crippen molar-refractivity contribution < 1.29 is 4.39 Å². The van der Waals surface area contributed by atoms with Gasteiger partial charge in [0.2, 0.25) is 0 Å². The van der Waals surface area contributed by atoms with Crippen molar-refractivity contribution in [3.05, 3.63) is 58.3 Å². The Kier molecular flexibility index (Phi) is 4.43. The lowest BCUT2D eigenvalue weighted by molar-refractivity contribution is 0.628. The zero-order valence-corrected chi connectivity index (χ0v) is 12.3. The SMILES string of the molecule is CN(CCc1cccc(Br)c1)c1ccc(F)cc1N. The Labute approximate surface area is 121 Å². The van der Waals surface area contributed by atoms with E-state index in [4.69, 9.17) is 5.73 Å². The first kappa shape index (κ1) is 13.9. The van der Waals surface area contributed by atoms with E-state index in [9.17, 15) is 4.39 Å². The summed E-state index contributed by atoms with van der Waals surface area (Å²) in [4.78, 5) is 2.04. The van der Waals surface area contributed by atoms with E-state index in [-0.39, 0.29) is 5.82 Å². The Morgan fingerprint density at radius 3 is 2.68 bits per heavy atom. The van der Waals surface area contributed by atoms with Gasteiger partial charge in [0.15, 0.2) is 0 Å². The summed E-state index contributed by atoms with van der Waals surface area (Å²) in [5.74, 6) is -0.304. The van der Waals surface area contributed by atoms with E-state index in [1.165, 1.54) is 17.7 Å². The van der Waals surface area contributed by atoms with E-state index in [0.29, 0.717) is 5.69 Å². The van der Waals surface area contributed by atoms with Crippen molar-refractivity contribution in [1.82, 2.24) is 0 Å². The molecular weight excluding hydrogens is 307 g/mol. The minimum absolute atomic E-state index is 0.304. The molecule has 0 bridgehead atoms. The molecule has 0 aliphatic carbocycles. The van der Waals surface area contributed by atoms with Crippen molar-refractivity contribution in [2.75, 3.05) is 24.2 Å². The number of benzene rings is 2. The van der Waals surface area contributed by atoms with Gasteiger partial charge in [0, 0.05) is 18.1 Å². The molecule has 0 saturated heterocycles. The van der Waals surface area contributed by atoms with Crippen LogP contribution in [0.3, 0.4) is 0 Å². The van der Waals surface area contributed by atoms with Crippen LogP contribution >= 0.6 is 15.9 Å². The average molecular weight is 323 g/mol. The van der Waals surface area contributed by atoms with Crippen molar-refractivity contribution in [2.45, 2.75) is 6.42 Å². The molecule has 19 heavy (non-hydrogen) atoms. The van der Waals surface area contributed by atoms with Gasteiger partial charge in [-0.05, 0) is 42.3 Å². The Hall–Kier alpha value is -1.55. The van der Waals surface area contributed by atoms with Gasteiger partial charge in [-0.3, -0.25) is 0 Å². The number of likely N-dealkylation sites (N-methyl/N-ethyl adjacent to an activating group) is 1. The van der Waals surface area contributed by atoms with Gasteiger partial charge in [-0.1, -0.05) is 28.1 Å². The molecule has 0 saturated carbocycles. The maximum atomic E-state index is 13.0. The van der Waals surface area contributed by atoms with Gasteiger partial charge in [-0.25, -0.2) is 4.39 Å². The normalized spacial score (nSPS) is 10.5. The van der Waals surface area contributed by atoms with Crippen LogP contribution in [0.5, 0.6) is 0 Å². The first-order valence-electron chi connectivity index (χ1n) is 6.07. The highest BCUT2D eigenvalue weighted by atomic mass is 79.9. The van der Waals surface area contributed by atoms with Crippen LogP contribution in [0.15, 0.2) is 46.9 Å². The minimum atomic E-state index is -0.304. The van der Waals surface area contributed by atoms with Crippen LogP contribution in [0.2, 0.25) is 0 Å². The standard InChI is InChI=1S/C15H16BrFN2/c1-19(15-6-5-13(17)10-14(15)18)8-7-11-3-2-4-12(16)9-11/h2-6,9-10H,7-8,18H2,1H3. The Morgan fingerprint density at radius 2 is 2.00 bits per heavy atom. The zero-order chi connectivity index (χ0) is 13.8. The minimum Gasteiger partial charge on any atom is -0.397 e. The molecule has 0 aromatic heterocycles. The molecule has 0 heterocycles. The highest BCUT2D eigenvalue weighted by molar-refractivity contribution is 9.10. The van der Waals surface area contributed by atoms with Crippen molar-refractivity contribution in [3.8, 4) is 0 Å². The molecule has 0 aliphatic rings. The molecule has 0 atom stereocenters. The molecule has 2 aromatic carbocycles. The molecule has 4 heteroatoms. The first-order chi connectivity index (χ1) is 9.06. The predicted octanol–water partition coefficient (Wildman–Crippen LogP) is 3.85. The van der Waals surface area contributed by atoms with E-state index in [0.717, 1.165) is 23.1 Å². The monoisotopic (exact) mass is 322 g/mol. The summed E-state index contributed by atoms with van der Waals surface area (Å²) in [6.45, 7) is 0.826. The quantitative estimate of drug-likeness (QED) is 0.866. The lowest BCUT2D eigenvalue weighted by Crippen LogP contribution is -2.21. The lowest BCUT2D eigenvalue weighted by atomic mass is 10.1. The van der Waals surface area contributed by atoms with Crippen LogP contribution < -0.4 is 10.6 Å². The van der Waals surface area contributed by atoms with Crippen LogP contribution in [0.1, 0.15) is 5.56 Å². The maximum Gasteiger partial charge on any atom is 0.125 e. The highest BCUT2D eigenvalue weighted by Gasteiger charge is 2.06. The number of halogens is 2. The Morgan fingerprint density at radius 1 is 1.21 bits per heavy atom. The fourth-order valence-corrected chi connectivity index (χ4v) is 2.43. The summed E-state index contributed by atoms with van der Waals surface area (Å²) in [5.41, 5.74) is 8.40. The molecule has 0 radical (unpaired) electrons. The summed E-state index contributed by atoms with van der Waals surface area (Å²) < 4.78 is 14.1. The summed E-state index contributed by atoms with van der Waals surface area (Å²) in [6.07, 6.45) is 0.909. The molecule has 0 spiro atoms. The van der Waals surface area contributed by atoms with E-state index >= 15 is 0 Å². The number of nitrogen functional groups attached to an aromatic ring is 1. The fraction of sp³-hybridized carbons (Fsp3) is 0.200. The van der Waals surface area contributed by atoms with Crippen molar-refractivity contribution in [3.63, 3.8) is 0 Å². The molecule has 0 unspecified atom stereocenters. The topological polar surface area (TPSA) is 29.3 Å². The molecule has 2 nitrogen and oxygen atoms in total. The van der Waals surface area contributed by atoms with Crippen LogP contribution in [0.25, 0.3) is 0 Å². The third kappa shape index (κ3) is 3.70. The maximum absolute atomic E-state index is 13.0. The summed E-state index contributed by atoms with van der Waals surface area (Å²) in [6, 6.07) is 12.7. The number of anilines is 2. The van der Waals surface area contributed by atoms with Gasteiger partial charge < -0.3 is 10.6 Å². The van der Waals surface area contributed by atoms with Gasteiger partial charge in [0.05, 0.1) is 11.4 Å². The summed E-state index contributed by atoms with van der Waals surface area (Å²) >= 11 is 3.46. The second-order valence-electron chi connectivity index (χ2n) is 4.50. The molecule has 0 aliphatic heterocycles. The number of hydrogen-bond donors (Lipinski definition) is 1. The first-order valence-corrected chi connectivity index (χ1v) is 6.86. The molecule has 2 N–H and O–H groups in total. The van der Waals surface area contributed by atoms with Crippen molar-refractivity contribution in [1.29, 1.82) is 0 Å². The van der Waals surface area contributed by atoms with Crippen molar-refractivity contribution in [2.24, 2.45) is 0 Å². The van der Waals surface area contributed by atoms with Gasteiger partial charge in [-0.15, -0.1) is 0 Å². The number of rotatable bonds is 4. The van der Waals surface area contributed by atoms with Gasteiger partial charge in [-0.2, -0.15) is 0 Å². The van der Waals surface area contributed by atoms with E-state index in [1.54, 1.807) is 6.07 Å². The molecule has 2 rings (SSSR count). The van der Waals surface area contributed by atoms with E-state index in [2.05, 4.69) is 28.1 Å². The van der Waals surface area contributed by atoms with Crippen LogP contribution in [-0.4, -0.2) is 13.6 Å². The van der Waals surface area contributed by atoms with Crippen molar-refractivity contribution >= 4 is 27.3 Å². The fourth-order valence-electron chi connectivity index (χ4n) is 1.98. The predicted molar refractivity (Wildman–Crippen MR) is 81.9 cm³/mol. The van der Waals surface area contributed by atoms with Crippen LogP contribution in [0, 0.1) is 5.82 Å². The Balaban J connectivity index is 2.03. The highest BCUT2D eigenvalue weighted by Crippen LogP contribution is 2.23. The second kappa shape index (κ2) is 6.06. The van der Waals surface area contributed by atoms with E-state index in [1.807, 2.05) is 24.1 Å². The van der Waals surface area contributed by atoms with Gasteiger partial charge >= 0.3 is 0 Å². The zero-order valence-electron chi connectivity index (χ0n) is 10.7. The molecule has 100 valence electrons. The van der Waals surface area contributed by atoms with Gasteiger partial charge in [0.1, 0.15) is 5.82 Å². The van der Waals surface area contributed by atoms with E-state index < -0.39 is 0 Å². The smallest absolute Gasteiger partial charge is 0.125 e. The number of nitrogens with two attached hydrogens (primary N) is 1. The second-order valence-corrected chi connectivity index (χ2v) is 5.42. The lowest BCUT2D eigenvalue weighted by Gasteiger charge is -2.21. The molecule has 0 fully saturated rings. The summed E-state index contributed by atoms with van der Waals surface area (Å²) in [5, 5.41) is 0. The molecule has 0 amide bonds. The number of hydrogen-bond acceptors (Lipinski definition) is 2. The summed E-state index contributed by atoms with van der Waals surface area (Å²) in [7, 11) is 1.96. The number of nitrogens with zero attached hydrogens (tertiary/aromatic N) is 1. The molecule has 2 aromatic rings. The Bertz CT molecular complexity index is 572. The third-order valence-corrected chi connectivity index (χ3v) is 3.52. The average Bonchev–Trinajstić information content (AvgIpc) is 2.36. The molecular formula is C15H16BrFN2. The van der Waals surface area contributed by atoms with Crippen LogP contribution in [0.4, 0.5) is 15.8 Å².